The van der Waals surface area contributed by atoms with Gasteiger partial charge in [0, 0.05) is 19.8 Å². The average molecular weight is 382 g/mol. The molecule has 2 aliphatic rings. The number of thioether (sulfide) groups is 1. The fourth-order valence-corrected chi connectivity index (χ4v) is 6.01. The van der Waals surface area contributed by atoms with Gasteiger partial charge in [-0.2, -0.15) is 0 Å². The number of hydrogen-bond donors (Lipinski definition) is 0. The largest absolute Gasteiger partial charge is 0.348 e. The molecule has 0 aliphatic carbocycles. The summed E-state index contributed by atoms with van der Waals surface area (Å²) in [6, 6.07) is 5.67. The second-order valence-electron chi connectivity index (χ2n) is 6.84. The van der Waals surface area contributed by atoms with Gasteiger partial charge >= 0.3 is 0 Å². The Labute approximate surface area is 153 Å². The van der Waals surface area contributed by atoms with Gasteiger partial charge in [-0.15, -0.1) is 0 Å². The third kappa shape index (κ3) is 3.69. The molecule has 0 unspecified atom stereocenters. The Morgan fingerprint density at radius 3 is 2.64 bits per heavy atom. The van der Waals surface area contributed by atoms with Crippen LogP contribution in [0.15, 0.2) is 23.2 Å². The molecule has 1 fully saturated rings. The molecule has 1 amide bonds. The van der Waals surface area contributed by atoms with Crippen LogP contribution < -0.4 is 4.90 Å². The SMILES string of the molecule is Cc1ccc(N2C(SCC(=O)N(C)C)=N[C@@H]3CS(=O)(=O)C[C@@H]32)cc1C. The molecule has 1 saturated heterocycles. The van der Waals surface area contributed by atoms with Gasteiger partial charge in [0.1, 0.15) is 0 Å². The Kier molecular flexibility index (Phi) is 4.85. The van der Waals surface area contributed by atoms with Gasteiger partial charge in [0.15, 0.2) is 15.0 Å². The summed E-state index contributed by atoms with van der Waals surface area (Å²) >= 11 is 1.38. The minimum atomic E-state index is -3.07. The molecule has 0 saturated carbocycles. The third-order valence-corrected chi connectivity index (χ3v) is 7.35. The van der Waals surface area contributed by atoms with E-state index in [1.165, 1.54) is 17.3 Å². The molecule has 3 rings (SSSR count). The summed E-state index contributed by atoms with van der Waals surface area (Å²) in [6.07, 6.45) is 0. The van der Waals surface area contributed by atoms with Crippen LogP contribution in [0.2, 0.25) is 0 Å². The van der Waals surface area contributed by atoms with E-state index in [4.69, 9.17) is 0 Å². The van der Waals surface area contributed by atoms with Crippen LogP contribution in [0.25, 0.3) is 0 Å². The first-order valence-electron chi connectivity index (χ1n) is 8.15. The molecule has 136 valence electrons. The molecule has 8 heteroatoms. The van der Waals surface area contributed by atoms with Gasteiger partial charge in [0.2, 0.25) is 5.91 Å². The van der Waals surface area contributed by atoms with Crippen molar-refractivity contribution >= 4 is 38.4 Å². The highest BCUT2D eigenvalue weighted by Gasteiger charge is 2.47. The summed E-state index contributed by atoms with van der Waals surface area (Å²) in [5.41, 5.74) is 3.28. The summed E-state index contributed by atoms with van der Waals surface area (Å²) in [7, 11) is 0.382. The number of hydrogen-bond acceptors (Lipinski definition) is 6. The Hall–Kier alpha value is -1.54. The predicted molar refractivity (Wildman–Crippen MR) is 103 cm³/mol. The fourth-order valence-electron chi connectivity index (χ4n) is 3.07. The lowest BCUT2D eigenvalue weighted by Gasteiger charge is -2.27. The van der Waals surface area contributed by atoms with Gasteiger partial charge < -0.3 is 9.80 Å². The van der Waals surface area contributed by atoms with Gasteiger partial charge in [-0.3, -0.25) is 9.79 Å². The molecular formula is C17H23N3O3S2. The fraction of sp³-hybridized carbons (Fsp3) is 0.529. The molecule has 2 aliphatic heterocycles. The maximum absolute atomic E-state index is 12.0. The zero-order valence-corrected chi connectivity index (χ0v) is 16.5. The molecular weight excluding hydrogens is 358 g/mol. The Bertz CT molecular complexity index is 834. The summed E-state index contributed by atoms with van der Waals surface area (Å²) in [4.78, 5) is 20.1. The lowest BCUT2D eigenvalue weighted by Crippen LogP contribution is -2.39. The molecule has 2 heterocycles. The van der Waals surface area contributed by atoms with Crippen molar-refractivity contribution in [3.63, 3.8) is 0 Å². The van der Waals surface area contributed by atoms with Crippen molar-refractivity contribution in [3.8, 4) is 0 Å². The van der Waals surface area contributed by atoms with Crippen LogP contribution in [0.5, 0.6) is 0 Å². The van der Waals surface area contributed by atoms with Crippen molar-refractivity contribution < 1.29 is 13.2 Å². The highest BCUT2D eigenvalue weighted by Crippen LogP contribution is 2.35. The standard InChI is InChI=1S/C17H23N3O3S2/c1-11-5-6-13(7-12(11)2)20-15-10-25(22,23)9-14(15)18-17(20)24-8-16(21)19(3)4/h5-7,14-15H,8-10H2,1-4H3/t14-,15+/m1/s1. The molecule has 0 radical (unpaired) electrons. The molecule has 1 aromatic rings. The molecule has 0 aromatic heterocycles. The van der Waals surface area contributed by atoms with Gasteiger partial charge in [-0.25, -0.2) is 8.42 Å². The highest BCUT2D eigenvalue weighted by atomic mass is 32.2. The summed E-state index contributed by atoms with van der Waals surface area (Å²) < 4.78 is 24.1. The number of nitrogens with zero attached hydrogens (tertiary/aromatic N) is 3. The minimum absolute atomic E-state index is 0.0115. The average Bonchev–Trinajstić information content (AvgIpc) is 2.98. The van der Waals surface area contributed by atoms with Crippen LogP contribution in [0, 0.1) is 13.8 Å². The molecule has 0 bridgehead atoms. The van der Waals surface area contributed by atoms with Crippen molar-refractivity contribution in [1.29, 1.82) is 0 Å². The maximum Gasteiger partial charge on any atom is 0.232 e. The number of aryl methyl sites for hydroxylation is 2. The van der Waals surface area contributed by atoms with Crippen LogP contribution >= 0.6 is 11.8 Å². The van der Waals surface area contributed by atoms with Crippen LogP contribution in [0.1, 0.15) is 11.1 Å². The van der Waals surface area contributed by atoms with E-state index in [2.05, 4.69) is 11.1 Å². The van der Waals surface area contributed by atoms with Crippen molar-refractivity contribution in [2.24, 2.45) is 4.99 Å². The van der Waals surface area contributed by atoms with E-state index in [0.29, 0.717) is 5.75 Å². The first kappa shape index (κ1) is 18.3. The van der Waals surface area contributed by atoms with E-state index in [1.807, 2.05) is 30.9 Å². The topological polar surface area (TPSA) is 70.1 Å². The van der Waals surface area contributed by atoms with E-state index in [9.17, 15) is 13.2 Å². The number of carbonyl (C=O) groups excluding carboxylic acids is 1. The molecule has 0 spiro atoms. The third-order valence-electron chi connectivity index (χ3n) is 4.70. The van der Waals surface area contributed by atoms with Gasteiger partial charge in [-0.05, 0) is 37.1 Å². The Balaban J connectivity index is 1.91. The van der Waals surface area contributed by atoms with Crippen LogP contribution in [0.3, 0.4) is 0 Å². The van der Waals surface area contributed by atoms with Crippen molar-refractivity contribution in [1.82, 2.24) is 4.90 Å². The van der Waals surface area contributed by atoms with Gasteiger partial charge in [0.25, 0.3) is 0 Å². The Morgan fingerprint density at radius 1 is 1.28 bits per heavy atom. The van der Waals surface area contributed by atoms with E-state index in [1.54, 1.807) is 19.0 Å². The van der Waals surface area contributed by atoms with Gasteiger partial charge in [-0.1, -0.05) is 17.8 Å². The summed E-state index contributed by atoms with van der Waals surface area (Å²) in [5.74, 6) is 0.501. The lowest BCUT2D eigenvalue weighted by molar-refractivity contribution is -0.125. The number of amidine groups is 1. The number of anilines is 1. The number of rotatable bonds is 3. The molecule has 6 nitrogen and oxygen atoms in total. The number of aliphatic imine (C=N–C) groups is 1. The summed E-state index contributed by atoms with van der Waals surface area (Å²) in [6.45, 7) is 4.09. The Morgan fingerprint density at radius 2 is 2.00 bits per heavy atom. The zero-order chi connectivity index (χ0) is 18.4. The molecule has 25 heavy (non-hydrogen) atoms. The molecule has 0 N–H and O–H groups in total. The normalized spacial score (nSPS) is 24.2. The monoisotopic (exact) mass is 381 g/mol. The van der Waals surface area contributed by atoms with Crippen molar-refractivity contribution in [3.05, 3.63) is 29.3 Å². The van der Waals surface area contributed by atoms with Crippen LogP contribution in [-0.2, 0) is 14.6 Å². The zero-order valence-electron chi connectivity index (χ0n) is 14.9. The second kappa shape index (κ2) is 6.64. The lowest BCUT2D eigenvalue weighted by atomic mass is 10.1. The van der Waals surface area contributed by atoms with E-state index in [-0.39, 0.29) is 29.5 Å². The van der Waals surface area contributed by atoms with Crippen molar-refractivity contribution in [2.75, 3.05) is 36.3 Å². The quantitative estimate of drug-likeness (QED) is 0.793. The first-order chi connectivity index (χ1) is 11.7. The number of sulfone groups is 1. The predicted octanol–water partition coefficient (Wildman–Crippen LogP) is 1.47. The number of amides is 1. The minimum Gasteiger partial charge on any atom is -0.348 e. The highest BCUT2D eigenvalue weighted by molar-refractivity contribution is 8.14. The molecule has 1 aromatic carbocycles. The van der Waals surface area contributed by atoms with Crippen LogP contribution in [0.4, 0.5) is 5.69 Å². The van der Waals surface area contributed by atoms with E-state index >= 15 is 0 Å². The van der Waals surface area contributed by atoms with E-state index in [0.717, 1.165) is 16.4 Å². The van der Waals surface area contributed by atoms with Gasteiger partial charge in [0.05, 0.1) is 29.3 Å². The molecule has 2 atom stereocenters. The summed E-state index contributed by atoms with van der Waals surface area (Å²) in [5, 5.41) is 0.739. The first-order valence-corrected chi connectivity index (χ1v) is 11.0. The number of fused-ring (bicyclic) bond motifs is 1. The smallest absolute Gasteiger partial charge is 0.232 e. The van der Waals surface area contributed by atoms with Crippen molar-refractivity contribution in [2.45, 2.75) is 25.9 Å². The second-order valence-corrected chi connectivity index (χ2v) is 9.93. The van der Waals surface area contributed by atoms with Crippen LogP contribution in [-0.4, -0.2) is 67.8 Å². The van der Waals surface area contributed by atoms with E-state index < -0.39 is 9.84 Å². The maximum atomic E-state index is 12.0. The number of benzene rings is 1. The number of carbonyl (C=O) groups is 1.